The number of nitrogens with one attached hydrogen (secondary N) is 1. The molecule has 2 aromatic carbocycles. The Labute approximate surface area is 177 Å². The average molecular weight is 423 g/mol. The maximum atomic E-state index is 12.5. The number of aryl methyl sites for hydroxylation is 1. The van der Waals surface area contributed by atoms with Crippen molar-refractivity contribution in [2.75, 3.05) is 11.9 Å². The highest BCUT2D eigenvalue weighted by atomic mass is 35.5. The Kier molecular flexibility index (Phi) is 4.24. The third kappa shape index (κ3) is 2.91. The second-order valence-corrected chi connectivity index (χ2v) is 8.31. The number of hydrogen-bond donors (Lipinski definition) is 3. The smallest absolute Gasteiger partial charge is 0.260 e. The van der Waals surface area contributed by atoms with E-state index in [1.165, 1.54) is 0 Å². The Hall–Kier alpha value is -3.09. The molecule has 1 fully saturated rings. The van der Waals surface area contributed by atoms with Gasteiger partial charge in [-0.2, -0.15) is 0 Å². The van der Waals surface area contributed by atoms with Gasteiger partial charge in [-0.15, -0.1) is 0 Å². The van der Waals surface area contributed by atoms with Gasteiger partial charge in [-0.1, -0.05) is 41.0 Å². The number of carbonyl (C=O) groups excluding carboxylic acids is 1. The summed E-state index contributed by atoms with van der Waals surface area (Å²) < 4.78 is 5.12. The van der Waals surface area contributed by atoms with E-state index in [1.54, 1.807) is 25.1 Å². The largest absolute Gasteiger partial charge is 0.504 e. The third-order valence-electron chi connectivity index (χ3n) is 5.91. The zero-order valence-electron chi connectivity index (χ0n) is 16.2. The molecule has 152 valence electrons. The maximum Gasteiger partial charge on any atom is 0.260 e. The molecule has 1 aliphatic carbocycles. The number of hydrogen-bond acceptors (Lipinski definition) is 5. The van der Waals surface area contributed by atoms with Crippen LogP contribution in [0.3, 0.4) is 0 Å². The van der Waals surface area contributed by atoms with Gasteiger partial charge in [0, 0.05) is 22.6 Å². The van der Waals surface area contributed by atoms with Crippen molar-refractivity contribution in [3.63, 3.8) is 0 Å². The van der Waals surface area contributed by atoms with Crippen molar-refractivity contribution in [2.24, 2.45) is 0 Å². The van der Waals surface area contributed by atoms with Gasteiger partial charge >= 0.3 is 0 Å². The number of aromatic nitrogens is 1. The quantitative estimate of drug-likeness (QED) is 0.418. The van der Waals surface area contributed by atoms with E-state index < -0.39 is 5.91 Å². The highest BCUT2D eigenvalue weighted by Gasteiger charge is 2.43. The molecule has 2 aliphatic rings. The van der Waals surface area contributed by atoms with Crippen LogP contribution in [0.1, 0.15) is 35.4 Å². The van der Waals surface area contributed by atoms with E-state index in [2.05, 4.69) is 10.5 Å². The molecule has 3 N–H and O–H groups in total. The molecule has 3 aromatic rings. The van der Waals surface area contributed by atoms with Crippen molar-refractivity contribution in [3.05, 3.63) is 70.1 Å². The lowest BCUT2D eigenvalue weighted by Gasteiger charge is -2.14. The summed E-state index contributed by atoms with van der Waals surface area (Å²) in [6, 6.07) is 13.0. The van der Waals surface area contributed by atoms with Gasteiger partial charge in [-0.05, 0) is 43.0 Å². The van der Waals surface area contributed by atoms with Crippen LogP contribution in [0.5, 0.6) is 0 Å². The fourth-order valence-electron chi connectivity index (χ4n) is 3.94. The predicted octanol–water partition coefficient (Wildman–Crippen LogP) is 4.71. The first-order valence-corrected chi connectivity index (χ1v) is 10.0. The van der Waals surface area contributed by atoms with E-state index in [1.807, 2.05) is 24.3 Å². The number of benzene rings is 2. The Balaban J connectivity index is 1.59. The Morgan fingerprint density at radius 2 is 1.93 bits per heavy atom. The third-order valence-corrected chi connectivity index (χ3v) is 6.23. The summed E-state index contributed by atoms with van der Waals surface area (Å²) in [6.45, 7) is 1.88. The summed E-state index contributed by atoms with van der Waals surface area (Å²) in [4.78, 5) is 12.5. The number of rotatable bonds is 4. The number of nitrogens with zero attached hydrogens (tertiary/aromatic N) is 1. The summed E-state index contributed by atoms with van der Waals surface area (Å²) in [5, 5.41) is 27.3. The summed E-state index contributed by atoms with van der Waals surface area (Å²) >= 11 is 6.51. The van der Waals surface area contributed by atoms with Crippen molar-refractivity contribution < 1.29 is 19.5 Å². The second kappa shape index (κ2) is 6.72. The van der Waals surface area contributed by atoms with E-state index in [0.29, 0.717) is 22.0 Å². The number of fused-ring (bicyclic) bond motifs is 1. The fraction of sp³-hybridized carbons (Fsp3) is 0.217. The Bertz CT molecular complexity index is 1210. The molecule has 1 saturated carbocycles. The number of aliphatic hydroxyl groups is 2. The van der Waals surface area contributed by atoms with E-state index in [-0.39, 0.29) is 29.1 Å². The minimum Gasteiger partial charge on any atom is -0.504 e. The van der Waals surface area contributed by atoms with Gasteiger partial charge in [0.25, 0.3) is 5.91 Å². The van der Waals surface area contributed by atoms with Crippen LogP contribution in [0, 0.1) is 6.92 Å². The van der Waals surface area contributed by atoms with E-state index in [4.69, 9.17) is 16.1 Å². The SMILES string of the molecule is Cc1cc(C(O)=C2C(=O)Nc3cc(Cl)c(-c4ccc(C5(CO)CC5)cc4)cc32)on1. The lowest BCUT2D eigenvalue weighted by molar-refractivity contribution is -0.110. The topological polar surface area (TPSA) is 95.6 Å². The monoisotopic (exact) mass is 422 g/mol. The standard InChI is InChI=1S/C23H19ClN2O4/c1-12-8-19(30-26-12)21(28)20-16-9-15(17(24)10-18(16)25-22(20)29)13-2-4-14(5-3-13)23(11-27)6-7-23/h2-5,8-10,27-28H,6-7,11H2,1H3,(H,25,29). The normalized spacial score (nSPS) is 18.2. The lowest BCUT2D eigenvalue weighted by atomic mass is 9.93. The molecule has 0 bridgehead atoms. The summed E-state index contributed by atoms with van der Waals surface area (Å²) in [6.07, 6.45) is 1.98. The van der Waals surface area contributed by atoms with Crippen LogP contribution in [-0.2, 0) is 10.2 Å². The Morgan fingerprint density at radius 1 is 1.20 bits per heavy atom. The molecule has 0 unspecified atom stereocenters. The molecule has 2 heterocycles. The second-order valence-electron chi connectivity index (χ2n) is 7.90. The van der Waals surface area contributed by atoms with Crippen molar-refractivity contribution >= 4 is 34.5 Å². The van der Waals surface area contributed by atoms with Crippen molar-refractivity contribution in [1.82, 2.24) is 5.16 Å². The highest BCUT2D eigenvalue weighted by Crippen LogP contribution is 2.48. The minimum atomic E-state index is -0.432. The van der Waals surface area contributed by atoms with Crippen LogP contribution in [-0.4, -0.2) is 27.9 Å². The van der Waals surface area contributed by atoms with E-state index >= 15 is 0 Å². The molecule has 5 rings (SSSR count). The summed E-state index contributed by atoms with van der Waals surface area (Å²) in [5.41, 5.74) is 4.43. The molecule has 1 aliphatic heterocycles. The van der Waals surface area contributed by atoms with Crippen molar-refractivity contribution in [1.29, 1.82) is 0 Å². The zero-order chi connectivity index (χ0) is 21.0. The van der Waals surface area contributed by atoms with Crippen LogP contribution >= 0.6 is 11.6 Å². The first-order valence-electron chi connectivity index (χ1n) is 9.66. The molecule has 1 amide bonds. The van der Waals surface area contributed by atoms with Crippen LogP contribution in [0.25, 0.3) is 22.5 Å². The molecule has 0 radical (unpaired) electrons. The Morgan fingerprint density at radius 3 is 2.53 bits per heavy atom. The molecule has 6 nitrogen and oxygen atoms in total. The molecule has 30 heavy (non-hydrogen) atoms. The zero-order valence-corrected chi connectivity index (χ0v) is 17.0. The molecular formula is C23H19ClN2O4. The van der Waals surface area contributed by atoms with Crippen LogP contribution in [0.4, 0.5) is 5.69 Å². The van der Waals surface area contributed by atoms with Crippen molar-refractivity contribution in [2.45, 2.75) is 25.2 Å². The number of anilines is 1. The fourth-order valence-corrected chi connectivity index (χ4v) is 4.21. The number of amides is 1. The molecular weight excluding hydrogens is 404 g/mol. The van der Waals surface area contributed by atoms with Gasteiger partial charge in [-0.3, -0.25) is 4.79 Å². The first-order chi connectivity index (χ1) is 14.4. The van der Waals surface area contributed by atoms with Crippen molar-refractivity contribution in [3.8, 4) is 11.1 Å². The van der Waals surface area contributed by atoms with Crippen LogP contribution < -0.4 is 5.32 Å². The van der Waals surface area contributed by atoms with Gasteiger partial charge in [0.05, 0.1) is 28.6 Å². The van der Waals surface area contributed by atoms with Gasteiger partial charge in [0.15, 0.2) is 5.76 Å². The highest BCUT2D eigenvalue weighted by molar-refractivity contribution is 6.38. The summed E-state index contributed by atoms with van der Waals surface area (Å²) in [7, 11) is 0. The number of carbonyl (C=O) groups is 1. The molecule has 7 heteroatoms. The van der Waals surface area contributed by atoms with Crippen LogP contribution in [0.15, 0.2) is 47.0 Å². The van der Waals surface area contributed by atoms with E-state index in [0.717, 1.165) is 29.5 Å². The van der Waals surface area contributed by atoms with Crippen LogP contribution in [0.2, 0.25) is 5.02 Å². The van der Waals surface area contributed by atoms with Gasteiger partial charge in [0.1, 0.15) is 0 Å². The molecule has 0 atom stereocenters. The van der Waals surface area contributed by atoms with Gasteiger partial charge < -0.3 is 20.1 Å². The molecule has 0 saturated heterocycles. The van der Waals surface area contributed by atoms with Gasteiger partial charge in [-0.25, -0.2) is 0 Å². The summed E-state index contributed by atoms with van der Waals surface area (Å²) in [5.74, 6) is -0.571. The number of halogens is 1. The van der Waals surface area contributed by atoms with Gasteiger partial charge in [0.2, 0.25) is 5.76 Å². The predicted molar refractivity (Wildman–Crippen MR) is 114 cm³/mol. The molecule has 1 aromatic heterocycles. The average Bonchev–Trinajstić information content (AvgIpc) is 3.32. The van der Waals surface area contributed by atoms with E-state index in [9.17, 15) is 15.0 Å². The lowest BCUT2D eigenvalue weighted by Crippen LogP contribution is -2.11. The maximum absolute atomic E-state index is 12.5. The molecule has 0 spiro atoms. The minimum absolute atomic E-state index is 0.104. The first kappa shape index (κ1) is 18.9. The number of aliphatic hydroxyl groups excluding tert-OH is 2.